The lowest BCUT2D eigenvalue weighted by atomic mass is 10.0. The minimum absolute atomic E-state index is 0.683. The molecule has 0 saturated carbocycles. The van der Waals surface area contributed by atoms with Crippen LogP contribution in [0.1, 0.15) is 29.7 Å². The molecule has 0 spiro atoms. The van der Waals surface area contributed by atoms with Crippen LogP contribution in [-0.4, -0.2) is 52.4 Å². The van der Waals surface area contributed by atoms with Crippen LogP contribution in [0.2, 0.25) is 0 Å². The lowest BCUT2D eigenvalue weighted by Crippen LogP contribution is -2.45. The monoisotopic (exact) mass is 313 g/mol. The largest absolute Gasteiger partial charge is 0.374 e. The molecule has 0 amide bonds. The molecule has 4 nitrogen and oxygen atoms in total. The van der Waals surface area contributed by atoms with Gasteiger partial charge >= 0.3 is 0 Å². The van der Waals surface area contributed by atoms with Gasteiger partial charge in [-0.2, -0.15) is 0 Å². The molecule has 0 bridgehead atoms. The van der Waals surface area contributed by atoms with Gasteiger partial charge in [-0.05, 0) is 51.6 Å². The fourth-order valence-corrected chi connectivity index (χ4v) is 4.33. The third-order valence-electron chi connectivity index (χ3n) is 5.79. The third kappa shape index (κ3) is 2.40. The fourth-order valence-electron chi connectivity index (χ4n) is 4.33. The standard InChI is InChI=1S/C19H27N3O/c1-14-5-6-17-15(11-14)16-12-20(2)10-7-18(16)22(17)13-19(23)8-4-9-21(19)3/h5-6,11,23H,4,7-10,12-13H2,1-3H3. The summed E-state index contributed by atoms with van der Waals surface area (Å²) < 4.78 is 2.40. The molecule has 23 heavy (non-hydrogen) atoms. The smallest absolute Gasteiger partial charge is 0.136 e. The van der Waals surface area contributed by atoms with Gasteiger partial charge in [0.05, 0.1) is 6.54 Å². The van der Waals surface area contributed by atoms with E-state index in [-0.39, 0.29) is 0 Å². The summed E-state index contributed by atoms with van der Waals surface area (Å²) in [5.41, 5.74) is 4.78. The van der Waals surface area contributed by atoms with Crippen LogP contribution < -0.4 is 0 Å². The van der Waals surface area contributed by atoms with Crippen molar-refractivity contribution in [3.8, 4) is 0 Å². The molecular formula is C19H27N3O. The summed E-state index contributed by atoms with van der Waals surface area (Å²) in [4.78, 5) is 4.51. The van der Waals surface area contributed by atoms with E-state index in [4.69, 9.17) is 0 Å². The first-order valence-electron chi connectivity index (χ1n) is 8.71. The second-order valence-electron chi connectivity index (χ2n) is 7.53. The van der Waals surface area contributed by atoms with E-state index >= 15 is 0 Å². The Kier molecular flexibility index (Phi) is 3.52. The van der Waals surface area contributed by atoms with E-state index < -0.39 is 5.72 Å². The lowest BCUT2D eigenvalue weighted by molar-refractivity contribution is -0.0796. The lowest BCUT2D eigenvalue weighted by Gasteiger charge is -2.33. The number of likely N-dealkylation sites (N-methyl/N-ethyl adjacent to an activating group) is 2. The molecule has 0 aliphatic carbocycles. The maximum absolute atomic E-state index is 11.1. The summed E-state index contributed by atoms with van der Waals surface area (Å²) in [6, 6.07) is 6.74. The molecule has 3 heterocycles. The Morgan fingerprint density at radius 1 is 1.22 bits per heavy atom. The molecule has 1 saturated heterocycles. The number of rotatable bonds is 2. The van der Waals surface area contributed by atoms with Crippen LogP contribution in [-0.2, 0) is 19.5 Å². The van der Waals surface area contributed by atoms with Crippen molar-refractivity contribution in [3.05, 3.63) is 35.0 Å². The number of aromatic nitrogens is 1. The van der Waals surface area contributed by atoms with E-state index in [0.29, 0.717) is 6.54 Å². The van der Waals surface area contributed by atoms with Crippen molar-refractivity contribution in [2.75, 3.05) is 27.2 Å². The molecule has 2 aromatic rings. The predicted octanol–water partition coefficient (Wildman–Crippen LogP) is 2.35. The summed E-state index contributed by atoms with van der Waals surface area (Å²) in [7, 11) is 4.24. The summed E-state index contributed by atoms with van der Waals surface area (Å²) in [5.74, 6) is 0. The Hall–Kier alpha value is -1.36. The highest BCUT2D eigenvalue weighted by Crippen LogP contribution is 2.35. The van der Waals surface area contributed by atoms with Gasteiger partial charge in [0, 0.05) is 42.7 Å². The highest BCUT2D eigenvalue weighted by Gasteiger charge is 2.38. The highest BCUT2D eigenvalue weighted by atomic mass is 16.3. The fraction of sp³-hybridized carbons (Fsp3) is 0.579. The van der Waals surface area contributed by atoms with Crippen LogP contribution in [0, 0.1) is 6.92 Å². The predicted molar refractivity (Wildman–Crippen MR) is 93.5 cm³/mol. The normalized spacial score (nSPS) is 26.1. The van der Waals surface area contributed by atoms with Crippen molar-refractivity contribution in [2.24, 2.45) is 0 Å². The number of aliphatic hydroxyl groups is 1. The highest BCUT2D eigenvalue weighted by molar-refractivity contribution is 5.86. The molecule has 1 atom stereocenters. The molecule has 4 rings (SSSR count). The molecule has 2 aliphatic rings. The van der Waals surface area contributed by atoms with Gasteiger partial charge in [-0.3, -0.25) is 4.90 Å². The van der Waals surface area contributed by atoms with Gasteiger partial charge in [-0.1, -0.05) is 11.6 Å². The third-order valence-corrected chi connectivity index (χ3v) is 5.79. The van der Waals surface area contributed by atoms with E-state index in [1.807, 2.05) is 7.05 Å². The topological polar surface area (TPSA) is 31.6 Å². The zero-order valence-corrected chi connectivity index (χ0v) is 14.5. The average molecular weight is 313 g/mol. The van der Waals surface area contributed by atoms with E-state index in [9.17, 15) is 5.11 Å². The van der Waals surface area contributed by atoms with Crippen LogP contribution in [0.5, 0.6) is 0 Å². The van der Waals surface area contributed by atoms with E-state index in [1.165, 1.54) is 27.7 Å². The second-order valence-corrected chi connectivity index (χ2v) is 7.53. The molecule has 0 radical (unpaired) electrons. The summed E-state index contributed by atoms with van der Waals surface area (Å²) in [5, 5.41) is 12.5. The Morgan fingerprint density at radius 2 is 2.04 bits per heavy atom. The van der Waals surface area contributed by atoms with E-state index in [2.05, 4.69) is 46.5 Å². The van der Waals surface area contributed by atoms with Gasteiger partial charge in [0.25, 0.3) is 0 Å². The number of aryl methyl sites for hydroxylation is 1. The first kappa shape index (κ1) is 15.2. The summed E-state index contributed by atoms with van der Waals surface area (Å²) >= 11 is 0. The Labute approximate surface area is 138 Å². The SMILES string of the molecule is Cc1ccc2c(c1)c1c(n2CC2(O)CCCN2C)CCN(C)C1. The molecule has 1 unspecified atom stereocenters. The van der Waals surface area contributed by atoms with Crippen molar-refractivity contribution in [1.29, 1.82) is 0 Å². The molecule has 1 aromatic carbocycles. The second kappa shape index (κ2) is 5.33. The van der Waals surface area contributed by atoms with Gasteiger partial charge < -0.3 is 14.6 Å². The van der Waals surface area contributed by atoms with E-state index in [0.717, 1.165) is 38.9 Å². The first-order valence-corrected chi connectivity index (χ1v) is 8.71. The van der Waals surface area contributed by atoms with Gasteiger partial charge in [-0.15, -0.1) is 0 Å². The van der Waals surface area contributed by atoms with Crippen molar-refractivity contribution in [1.82, 2.24) is 14.4 Å². The molecule has 4 heteroatoms. The summed E-state index contributed by atoms with van der Waals surface area (Å²) in [6.07, 6.45) is 3.01. The van der Waals surface area contributed by atoms with Gasteiger partial charge in [-0.25, -0.2) is 0 Å². The number of fused-ring (bicyclic) bond motifs is 3. The zero-order valence-electron chi connectivity index (χ0n) is 14.5. The number of hydrogen-bond acceptors (Lipinski definition) is 3. The maximum Gasteiger partial charge on any atom is 0.136 e. The molecule has 2 aliphatic heterocycles. The first-order chi connectivity index (χ1) is 11.0. The number of hydrogen-bond donors (Lipinski definition) is 1. The van der Waals surface area contributed by atoms with Crippen LogP contribution in [0.3, 0.4) is 0 Å². The van der Waals surface area contributed by atoms with Crippen molar-refractivity contribution in [2.45, 2.75) is 45.0 Å². The van der Waals surface area contributed by atoms with Crippen molar-refractivity contribution in [3.63, 3.8) is 0 Å². The Morgan fingerprint density at radius 3 is 2.78 bits per heavy atom. The van der Waals surface area contributed by atoms with Crippen LogP contribution >= 0.6 is 0 Å². The van der Waals surface area contributed by atoms with Crippen LogP contribution in [0.15, 0.2) is 18.2 Å². The molecular weight excluding hydrogens is 286 g/mol. The Balaban J connectivity index is 1.86. The molecule has 1 aromatic heterocycles. The number of nitrogens with zero attached hydrogens (tertiary/aromatic N) is 3. The van der Waals surface area contributed by atoms with Crippen LogP contribution in [0.4, 0.5) is 0 Å². The van der Waals surface area contributed by atoms with E-state index in [1.54, 1.807) is 0 Å². The zero-order chi connectivity index (χ0) is 16.2. The van der Waals surface area contributed by atoms with Crippen molar-refractivity contribution < 1.29 is 5.11 Å². The number of likely N-dealkylation sites (tertiary alicyclic amines) is 1. The van der Waals surface area contributed by atoms with Crippen LogP contribution in [0.25, 0.3) is 10.9 Å². The summed E-state index contributed by atoms with van der Waals surface area (Å²) in [6.45, 7) is 5.93. The molecule has 1 fully saturated rings. The minimum Gasteiger partial charge on any atom is -0.374 e. The number of benzene rings is 1. The van der Waals surface area contributed by atoms with Crippen molar-refractivity contribution >= 4 is 10.9 Å². The van der Waals surface area contributed by atoms with Gasteiger partial charge in [0.15, 0.2) is 0 Å². The van der Waals surface area contributed by atoms with Gasteiger partial charge in [0.1, 0.15) is 5.72 Å². The Bertz CT molecular complexity index is 751. The molecule has 1 N–H and O–H groups in total. The average Bonchev–Trinajstić information content (AvgIpc) is 2.98. The maximum atomic E-state index is 11.1. The molecule has 124 valence electrons. The minimum atomic E-state index is -0.700. The van der Waals surface area contributed by atoms with Gasteiger partial charge in [0.2, 0.25) is 0 Å². The quantitative estimate of drug-likeness (QED) is 0.923.